The van der Waals surface area contributed by atoms with E-state index < -0.39 is 28.0 Å². The second kappa shape index (κ2) is 12.0. The van der Waals surface area contributed by atoms with E-state index in [2.05, 4.69) is 10.6 Å². The van der Waals surface area contributed by atoms with E-state index in [1.165, 1.54) is 6.07 Å². The molecule has 8 nitrogen and oxygen atoms in total. The number of amides is 1. The summed E-state index contributed by atoms with van der Waals surface area (Å²) in [4.78, 5) is 13.6. The van der Waals surface area contributed by atoms with Crippen LogP contribution in [0.4, 0.5) is 10.1 Å². The lowest BCUT2D eigenvalue weighted by molar-refractivity contribution is -0.120. The van der Waals surface area contributed by atoms with Gasteiger partial charge >= 0.3 is 0 Å². The molecule has 11 heteroatoms. The molecular formula is C28H38ClFN4O4S. The standard InChI is InChI=1S/C28H38ClFN4O4S/c29-20-8-6-19(7-9-20)28(12-14-38-15-13-28)26(31)27(35)33-25-5-1-4-24(30)23(25)11-10-22-17-32-21-3-2-16-39(36,37)34(22)18-21/h1,4-9,21-22,26,32,36-37H,2-3,10-18,31H2,(H,33,35)/t21?,22-,26+/m0/s1. The van der Waals surface area contributed by atoms with Gasteiger partial charge in [-0.05, 0) is 68.4 Å². The number of nitrogens with one attached hydrogen (secondary N) is 2. The topological polar surface area (TPSA) is 120 Å². The zero-order chi connectivity index (χ0) is 27.6. The first-order valence-electron chi connectivity index (χ1n) is 13.6. The van der Waals surface area contributed by atoms with E-state index in [1.54, 1.807) is 24.3 Å². The fourth-order valence-corrected chi connectivity index (χ4v) is 8.26. The van der Waals surface area contributed by atoms with Crippen LogP contribution in [-0.2, 0) is 21.4 Å². The van der Waals surface area contributed by atoms with Crippen LogP contribution in [0, 0.1) is 5.82 Å². The lowest BCUT2D eigenvalue weighted by Gasteiger charge is -2.49. The molecule has 0 radical (unpaired) electrons. The van der Waals surface area contributed by atoms with E-state index in [4.69, 9.17) is 22.1 Å². The fourth-order valence-electron chi connectivity index (χ4n) is 6.27. The highest BCUT2D eigenvalue weighted by Gasteiger charge is 2.44. The Hall–Kier alpha value is -1.76. The number of carbonyl (C=O) groups is 1. The van der Waals surface area contributed by atoms with Gasteiger partial charge in [0.25, 0.3) is 0 Å². The molecule has 1 amide bonds. The minimum Gasteiger partial charge on any atom is -0.381 e. The van der Waals surface area contributed by atoms with Crippen LogP contribution in [0.2, 0.25) is 5.02 Å². The first-order valence-corrected chi connectivity index (χ1v) is 15.7. The van der Waals surface area contributed by atoms with Gasteiger partial charge in [-0.1, -0.05) is 29.8 Å². The van der Waals surface area contributed by atoms with Crippen molar-refractivity contribution in [1.82, 2.24) is 9.62 Å². The van der Waals surface area contributed by atoms with Gasteiger partial charge in [-0.3, -0.25) is 13.9 Å². The first-order chi connectivity index (χ1) is 18.7. The molecule has 2 aromatic carbocycles. The average Bonchev–Trinajstić information content (AvgIpc) is 3.04. The van der Waals surface area contributed by atoms with Crippen molar-refractivity contribution in [2.45, 2.75) is 62.1 Å². The molecule has 0 aromatic heterocycles. The third-order valence-corrected chi connectivity index (χ3v) is 10.9. The van der Waals surface area contributed by atoms with Crippen LogP contribution in [0.3, 0.4) is 0 Å². The van der Waals surface area contributed by atoms with Crippen LogP contribution < -0.4 is 16.4 Å². The van der Waals surface area contributed by atoms with Crippen LogP contribution in [0.5, 0.6) is 0 Å². The SMILES string of the molecule is N[C@H](C(=O)Nc1cccc(F)c1CC[C@H]1CNC2CCCS(O)(O)N1C2)C1(c2ccc(Cl)cc2)CCOCC1. The van der Waals surface area contributed by atoms with Gasteiger partial charge in [0.2, 0.25) is 5.91 Å². The highest BCUT2D eigenvalue weighted by molar-refractivity contribution is 8.22. The largest absolute Gasteiger partial charge is 0.381 e. The van der Waals surface area contributed by atoms with Crippen molar-refractivity contribution < 1.29 is 23.0 Å². The van der Waals surface area contributed by atoms with Crippen molar-refractivity contribution >= 4 is 34.0 Å². The quantitative estimate of drug-likeness (QED) is 0.326. The Morgan fingerprint density at radius 3 is 2.74 bits per heavy atom. The summed E-state index contributed by atoms with van der Waals surface area (Å²) in [6.45, 7) is 2.15. The number of carbonyl (C=O) groups excluding carboxylic acids is 1. The molecule has 3 fully saturated rings. The molecule has 5 rings (SSSR count). The van der Waals surface area contributed by atoms with Crippen LogP contribution in [-0.4, -0.2) is 69.5 Å². The molecule has 0 spiro atoms. The number of fused-ring (bicyclic) bond motifs is 2. The van der Waals surface area contributed by atoms with Gasteiger partial charge in [0.05, 0.1) is 11.8 Å². The molecule has 0 saturated carbocycles. The number of hydrogen-bond acceptors (Lipinski definition) is 7. The summed E-state index contributed by atoms with van der Waals surface area (Å²) in [6.07, 6.45) is 3.67. The summed E-state index contributed by atoms with van der Waals surface area (Å²) < 4.78 is 44.0. The van der Waals surface area contributed by atoms with Gasteiger partial charge in [0.15, 0.2) is 0 Å². The normalized spacial score (nSPS) is 27.7. The Kier molecular flexibility index (Phi) is 8.85. The third kappa shape index (κ3) is 6.13. The third-order valence-electron chi connectivity index (χ3n) is 8.58. The Balaban J connectivity index is 1.33. The Labute approximate surface area is 235 Å². The number of halogens is 2. The molecule has 2 unspecified atom stereocenters. The lowest BCUT2D eigenvalue weighted by atomic mass is 9.68. The van der Waals surface area contributed by atoms with Crippen LogP contribution in [0.25, 0.3) is 0 Å². The summed E-state index contributed by atoms with van der Waals surface area (Å²) in [5.74, 6) is -0.437. The van der Waals surface area contributed by atoms with Crippen LogP contribution in [0.1, 0.15) is 43.2 Å². The van der Waals surface area contributed by atoms with Gasteiger partial charge < -0.3 is 21.1 Å². The number of rotatable bonds is 7. The first kappa shape index (κ1) is 28.8. The summed E-state index contributed by atoms with van der Waals surface area (Å²) in [5.41, 5.74) is 7.73. The van der Waals surface area contributed by atoms with Crippen LogP contribution >= 0.6 is 22.4 Å². The van der Waals surface area contributed by atoms with Gasteiger partial charge in [-0.15, -0.1) is 10.8 Å². The van der Waals surface area contributed by atoms with Crippen molar-refractivity contribution in [2.24, 2.45) is 5.73 Å². The van der Waals surface area contributed by atoms with Gasteiger partial charge in [-0.25, -0.2) is 8.70 Å². The van der Waals surface area contributed by atoms with Gasteiger partial charge in [0, 0.05) is 60.1 Å². The van der Waals surface area contributed by atoms with Gasteiger partial charge in [0.1, 0.15) is 5.82 Å². The number of nitrogens with zero attached hydrogens (tertiary/aromatic N) is 1. The highest BCUT2D eigenvalue weighted by atomic mass is 35.5. The van der Waals surface area contributed by atoms with Crippen LogP contribution in [0.15, 0.2) is 42.5 Å². The second-order valence-electron chi connectivity index (χ2n) is 10.9. The van der Waals surface area contributed by atoms with Crippen molar-refractivity contribution in [2.75, 3.05) is 37.4 Å². The van der Waals surface area contributed by atoms with Gasteiger partial charge in [-0.2, -0.15) is 0 Å². The molecule has 2 aromatic rings. The lowest BCUT2D eigenvalue weighted by Crippen LogP contribution is -2.56. The van der Waals surface area contributed by atoms with E-state index >= 15 is 4.39 Å². The number of ether oxygens (including phenoxy) is 1. The number of hydrogen-bond donors (Lipinski definition) is 5. The predicted octanol–water partition coefficient (Wildman–Crippen LogP) is 4.53. The summed E-state index contributed by atoms with van der Waals surface area (Å²) >= 11 is 6.11. The molecule has 3 saturated heterocycles. The Morgan fingerprint density at radius 1 is 1.26 bits per heavy atom. The van der Waals surface area contributed by atoms with E-state index in [0.717, 1.165) is 18.4 Å². The summed E-state index contributed by atoms with van der Waals surface area (Å²) in [5, 5.41) is 7.02. The van der Waals surface area contributed by atoms with Crippen molar-refractivity contribution in [3.05, 3.63) is 64.4 Å². The molecule has 3 aliphatic rings. The second-order valence-corrected chi connectivity index (χ2v) is 13.5. The summed E-state index contributed by atoms with van der Waals surface area (Å²) in [7, 11) is -2.85. The molecule has 2 bridgehead atoms. The Morgan fingerprint density at radius 2 is 2.00 bits per heavy atom. The number of benzene rings is 2. The van der Waals surface area contributed by atoms with E-state index in [-0.39, 0.29) is 18.0 Å². The fraction of sp³-hybridized carbons (Fsp3) is 0.536. The van der Waals surface area contributed by atoms with Crippen molar-refractivity contribution in [1.29, 1.82) is 0 Å². The predicted molar refractivity (Wildman–Crippen MR) is 154 cm³/mol. The molecule has 0 aliphatic carbocycles. The minimum absolute atomic E-state index is 0.148. The summed E-state index contributed by atoms with van der Waals surface area (Å²) in [6, 6.07) is 11.3. The number of piperazine rings is 1. The van der Waals surface area contributed by atoms with E-state index in [0.29, 0.717) is 74.0 Å². The number of nitrogens with two attached hydrogens (primary N) is 1. The van der Waals surface area contributed by atoms with Crippen molar-refractivity contribution in [3.63, 3.8) is 0 Å². The molecule has 3 heterocycles. The maximum Gasteiger partial charge on any atom is 0.242 e. The molecular weight excluding hydrogens is 543 g/mol. The van der Waals surface area contributed by atoms with E-state index in [1.807, 2.05) is 16.4 Å². The Bertz CT molecular complexity index is 1160. The van der Waals surface area contributed by atoms with Crippen molar-refractivity contribution in [3.8, 4) is 0 Å². The zero-order valence-corrected chi connectivity index (χ0v) is 23.5. The monoisotopic (exact) mass is 580 g/mol. The molecule has 6 N–H and O–H groups in total. The average molecular weight is 581 g/mol. The molecule has 39 heavy (non-hydrogen) atoms. The maximum atomic E-state index is 15.1. The highest BCUT2D eigenvalue weighted by Crippen LogP contribution is 2.49. The smallest absolute Gasteiger partial charge is 0.242 e. The molecule has 214 valence electrons. The number of anilines is 1. The molecule has 3 aliphatic heterocycles. The van der Waals surface area contributed by atoms with E-state index in [9.17, 15) is 13.9 Å². The zero-order valence-electron chi connectivity index (χ0n) is 22.0. The maximum absolute atomic E-state index is 15.1. The molecule has 4 atom stereocenters. The minimum atomic E-state index is -2.85.